The molecule has 1 aliphatic heterocycles. The van der Waals surface area contributed by atoms with Gasteiger partial charge < -0.3 is 9.64 Å². The van der Waals surface area contributed by atoms with Crippen LogP contribution in [-0.2, 0) is 14.3 Å². The van der Waals surface area contributed by atoms with Crippen LogP contribution in [0.5, 0.6) is 0 Å². The second-order valence-electron chi connectivity index (χ2n) is 5.90. The third kappa shape index (κ3) is 3.10. The molecule has 0 aromatic carbocycles. The standard InChI is InChI=1S/C15H25NO3/c1-11(12-7-4-3-5-8-12)14(17)16-10-6-9-13(16)15(18)19-2/h11-13H,3-10H2,1-2H3/t11-,13-/m0/s1. The lowest BCUT2D eigenvalue weighted by atomic mass is 9.80. The molecule has 0 spiro atoms. The summed E-state index contributed by atoms with van der Waals surface area (Å²) in [7, 11) is 1.40. The van der Waals surface area contributed by atoms with Crippen LogP contribution in [0.3, 0.4) is 0 Å². The van der Waals surface area contributed by atoms with Gasteiger partial charge in [0.25, 0.3) is 0 Å². The van der Waals surface area contributed by atoms with E-state index in [4.69, 9.17) is 4.74 Å². The number of nitrogens with zero attached hydrogens (tertiary/aromatic N) is 1. The number of amides is 1. The van der Waals surface area contributed by atoms with Gasteiger partial charge in [0.15, 0.2) is 0 Å². The Bertz CT molecular complexity index is 336. The van der Waals surface area contributed by atoms with Crippen molar-refractivity contribution in [3.8, 4) is 0 Å². The van der Waals surface area contributed by atoms with Crippen molar-refractivity contribution in [2.24, 2.45) is 11.8 Å². The van der Waals surface area contributed by atoms with E-state index in [0.29, 0.717) is 12.5 Å². The number of methoxy groups -OCH3 is 1. The normalized spacial score (nSPS) is 26.2. The number of hydrogen-bond donors (Lipinski definition) is 0. The number of rotatable bonds is 3. The van der Waals surface area contributed by atoms with Gasteiger partial charge in [-0.3, -0.25) is 4.79 Å². The van der Waals surface area contributed by atoms with Gasteiger partial charge in [-0.15, -0.1) is 0 Å². The highest BCUT2D eigenvalue weighted by Gasteiger charge is 2.38. The Hall–Kier alpha value is -1.06. The van der Waals surface area contributed by atoms with E-state index in [1.54, 1.807) is 4.90 Å². The van der Waals surface area contributed by atoms with E-state index >= 15 is 0 Å². The van der Waals surface area contributed by atoms with Gasteiger partial charge in [0, 0.05) is 12.5 Å². The molecule has 0 unspecified atom stereocenters. The summed E-state index contributed by atoms with van der Waals surface area (Å²) in [6.45, 7) is 2.74. The van der Waals surface area contributed by atoms with Gasteiger partial charge in [-0.1, -0.05) is 26.2 Å². The molecule has 0 bridgehead atoms. The Morgan fingerprint density at radius 1 is 1.11 bits per heavy atom. The molecule has 2 atom stereocenters. The van der Waals surface area contributed by atoms with Crippen LogP contribution in [0.2, 0.25) is 0 Å². The fourth-order valence-corrected chi connectivity index (χ4v) is 3.51. The molecule has 0 radical (unpaired) electrons. The lowest BCUT2D eigenvalue weighted by Gasteiger charge is -2.31. The van der Waals surface area contributed by atoms with Crippen molar-refractivity contribution in [3.63, 3.8) is 0 Å². The summed E-state index contributed by atoms with van der Waals surface area (Å²) in [6, 6.07) is -0.344. The molecule has 2 aliphatic rings. The summed E-state index contributed by atoms with van der Waals surface area (Å²) < 4.78 is 4.81. The molecule has 2 rings (SSSR count). The van der Waals surface area contributed by atoms with Crippen molar-refractivity contribution < 1.29 is 14.3 Å². The molecule has 4 nitrogen and oxygen atoms in total. The van der Waals surface area contributed by atoms with E-state index in [1.807, 2.05) is 6.92 Å². The molecule has 0 aromatic heterocycles. The van der Waals surface area contributed by atoms with Crippen molar-refractivity contribution in [1.29, 1.82) is 0 Å². The Morgan fingerprint density at radius 3 is 2.42 bits per heavy atom. The van der Waals surface area contributed by atoms with Gasteiger partial charge in [0.2, 0.25) is 5.91 Å². The van der Waals surface area contributed by atoms with Crippen LogP contribution in [0.1, 0.15) is 51.9 Å². The zero-order valence-electron chi connectivity index (χ0n) is 12.1. The van der Waals surface area contributed by atoms with E-state index in [0.717, 1.165) is 25.7 Å². The lowest BCUT2D eigenvalue weighted by Crippen LogP contribution is -2.45. The largest absolute Gasteiger partial charge is 0.467 e. The zero-order chi connectivity index (χ0) is 13.8. The Balaban J connectivity index is 1.99. The van der Waals surface area contributed by atoms with Crippen LogP contribution < -0.4 is 0 Å². The number of hydrogen-bond acceptors (Lipinski definition) is 3. The fourth-order valence-electron chi connectivity index (χ4n) is 3.51. The lowest BCUT2D eigenvalue weighted by molar-refractivity contribution is -0.153. The number of esters is 1. The summed E-state index contributed by atoms with van der Waals surface area (Å²) >= 11 is 0. The molecule has 1 saturated heterocycles. The molecule has 1 saturated carbocycles. The van der Waals surface area contributed by atoms with Gasteiger partial charge in [-0.25, -0.2) is 4.79 Å². The summed E-state index contributed by atoms with van der Waals surface area (Å²) in [6.07, 6.45) is 7.74. The topological polar surface area (TPSA) is 46.6 Å². The van der Waals surface area contributed by atoms with Crippen LogP contribution in [0.4, 0.5) is 0 Å². The molecular formula is C15H25NO3. The molecule has 19 heavy (non-hydrogen) atoms. The van der Waals surface area contributed by atoms with Crippen molar-refractivity contribution in [2.75, 3.05) is 13.7 Å². The van der Waals surface area contributed by atoms with Gasteiger partial charge in [-0.05, 0) is 31.6 Å². The van der Waals surface area contributed by atoms with Crippen molar-refractivity contribution in [1.82, 2.24) is 4.90 Å². The molecule has 4 heteroatoms. The first-order valence-corrected chi connectivity index (χ1v) is 7.53. The number of ether oxygens (including phenoxy) is 1. The SMILES string of the molecule is COC(=O)[C@@H]1CCCN1C(=O)[C@@H](C)C1CCCCC1. The Kier molecular flexibility index (Phi) is 4.83. The van der Waals surface area contributed by atoms with E-state index in [1.165, 1.54) is 26.4 Å². The van der Waals surface area contributed by atoms with Crippen LogP contribution in [-0.4, -0.2) is 36.5 Å². The molecule has 2 fully saturated rings. The van der Waals surface area contributed by atoms with Crippen molar-refractivity contribution >= 4 is 11.9 Å². The fraction of sp³-hybridized carbons (Fsp3) is 0.867. The minimum atomic E-state index is -0.344. The molecule has 108 valence electrons. The van der Waals surface area contributed by atoms with Crippen LogP contribution in [0, 0.1) is 11.8 Å². The summed E-state index contributed by atoms with van der Waals surface area (Å²) in [5, 5.41) is 0. The van der Waals surface area contributed by atoms with Crippen molar-refractivity contribution in [3.05, 3.63) is 0 Å². The molecular weight excluding hydrogens is 242 g/mol. The Morgan fingerprint density at radius 2 is 1.79 bits per heavy atom. The highest BCUT2D eigenvalue weighted by molar-refractivity contribution is 5.86. The minimum Gasteiger partial charge on any atom is -0.467 e. The number of carbonyl (C=O) groups excluding carboxylic acids is 2. The number of carbonyl (C=O) groups is 2. The first-order chi connectivity index (χ1) is 9.15. The molecule has 1 aliphatic carbocycles. The second kappa shape index (κ2) is 6.40. The van der Waals surface area contributed by atoms with E-state index in [9.17, 15) is 9.59 Å². The van der Waals surface area contributed by atoms with Crippen molar-refractivity contribution in [2.45, 2.75) is 57.9 Å². The van der Waals surface area contributed by atoms with E-state index < -0.39 is 0 Å². The van der Waals surface area contributed by atoms with Crippen LogP contribution >= 0.6 is 0 Å². The first kappa shape index (κ1) is 14.4. The summed E-state index contributed by atoms with van der Waals surface area (Å²) in [4.78, 5) is 26.1. The maximum atomic E-state index is 12.6. The van der Waals surface area contributed by atoms with E-state index in [2.05, 4.69) is 0 Å². The second-order valence-corrected chi connectivity index (χ2v) is 5.90. The van der Waals surface area contributed by atoms with Gasteiger partial charge in [0.05, 0.1) is 7.11 Å². The first-order valence-electron chi connectivity index (χ1n) is 7.53. The average molecular weight is 267 g/mol. The highest BCUT2D eigenvalue weighted by atomic mass is 16.5. The maximum Gasteiger partial charge on any atom is 0.328 e. The summed E-state index contributed by atoms with van der Waals surface area (Å²) in [5.41, 5.74) is 0. The van der Waals surface area contributed by atoms with Gasteiger partial charge in [0.1, 0.15) is 6.04 Å². The monoisotopic (exact) mass is 267 g/mol. The minimum absolute atomic E-state index is 0.0468. The third-order valence-electron chi connectivity index (χ3n) is 4.76. The molecule has 0 N–H and O–H groups in total. The smallest absolute Gasteiger partial charge is 0.328 e. The predicted molar refractivity (Wildman–Crippen MR) is 72.5 cm³/mol. The zero-order valence-corrected chi connectivity index (χ0v) is 12.1. The molecule has 1 amide bonds. The van der Waals surface area contributed by atoms with Gasteiger partial charge >= 0.3 is 5.97 Å². The average Bonchev–Trinajstić information content (AvgIpc) is 2.95. The van der Waals surface area contributed by atoms with Gasteiger partial charge in [-0.2, -0.15) is 0 Å². The highest BCUT2D eigenvalue weighted by Crippen LogP contribution is 2.32. The number of likely N-dealkylation sites (tertiary alicyclic amines) is 1. The quantitative estimate of drug-likeness (QED) is 0.737. The molecule has 0 aromatic rings. The third-order valence-corrected chi connectivity index (χ3v) is 4.76. The van der Waals surface area contributed by atoms with Crippen LogP contribution in [0.25, 0.3) is 0 Å². The molecule has 1 heterocycles. The van der Waals surface area contributed by atoms with Crippen LogP contribution in [0.15, 0.2) is 0 Å². The predicted octanol–water partition coefficient (Wildman–Crippen LogP) is 2.37. The summed E-state index contributed by atoms with van der Waals surface area (Å²) in [5.74, 6) is 0.437. The van der Waals surface area contributed by atoms with E-state index in [-0.39, 0.29) is 23.8 Å². The Labute approximate surface area is 115 Å². The maximum absolute atomic E-state index is 12.6.